The number of methoxy groups -OCH3 is 1. The molecule has 1 aliphatic rings. The number of imidazole rings is 1. The van der Waals surface area contributed by atoms with Crippen LogP contribution in [0.15, 0.2) is 42.6 Å². The van der Waals surface area contributed by atoms with Gasteiger partial charge in [0.15, 0.2) is 0 Å². The van der Waals surface area contributed by atoms with Gasteiger partial charge in [0, 0.05) is 44.5 Å². The topological polar surface area (TPSA) is 67.8 Å². The highest BCUT2D eigenvalue weighted by Crippen LogP contribution is 2.28. The SMILES string of the molecule is COc1ccc(-c2nc3ccc(CCN)cn3c2CN2CCNCC2)cc1. The fourth-order valence-corrected chi connectivity index (χ4v) is 3.66. The van der Waals surface area contributed by atoms with Crippen molar-refractivity contribution in [3.05, 3.63) is 53.9 Å². The minimum atomic E-state index is 0.651. The largest absolute Gasteiger partial charge is 0.497 e. The van der Waals surface area contributed by atoms with E-state index < -0.39 is 0 Å². The Morgan fingerprint density at radius 1 is 1.11 bits per heavy atom. The van der Waals surface area contributed by atoms with E-state index in [0.717, 1.165) is 61.8 Å². The third-order valence-corrected chi connectivity index (χ3v) is 5.16. The highest BCUT2D eigenvalue weighted by atomic mass is 16.5. The van der Waals surface area contributed by atoms with Crippen molar-refractivity contribution in [1.82, 2.24) is 19.6 Å². The van der Waals surface area contributed by atoms with Crippen LogP contribution >= 0.6 is 0 Å². The van der Waals surface area contributed by atoms with E-state index in [-0.39, 0.29) is 0 Å². The second-order valence-corrected chi connectivity index (χ2v) is 6.97. The van der Waals surface area contributed by atoms with Gasteiger partial charge in [-0.2, -0.15) is 0 Å². The number of hydrogen-bond acceptors (Lipinski definition) is 5. The zero-order chi connectivity index (χ0) is 18.6. The van der Waals surface area contributed by atoms with Crippen molar-refractivity contribution in [2.75, 3.05) is 39.8 Å². The van der Waals surface area contributed by atoms with Gasteiger partial charge >= 0.3 is 0 Å². The van der Waals surface area contributed by atoms with Gasteiger partial charge in [0.05, 0.1) is 18.5 Å². The van der Waals surface area contributed by atoms with E-state index in [1.165, 1.54) is 11.3 Å². The lowest BCUT2D eigenvalue weighted by Crippen LogP contribution is -2.43. The lowest BCUT2D eigenvalue weighted by atomic mass is 10.1. The molecular weight excluding hydrogens is 338 g/mol. The van der Waals surface area contributed by atoms with Gasteiger partial charge in [0.2, 0.25) is 0 Å². The van der Waals surface area contributed by atoms with Gasteiger partial charge in [0.25, 0.3) is 0 Å². The quantitative estimate of drug-likeness (QED) is 0.699. The number of hydrogen-bond donors (Lipinski definition) is 2. The zero-order valence-electron chi connectivity index (χ0n) is 15.8. The Bertz CT molecular complexity index is 897. The van der Waals surface area contributed by atoms with E-state index in [1.54, 1.807) is 7.11 Å². The Kier molecular flexibility index (Phi) is 5.38. The van der Waals surface area contributed by atoms with Gasteiger partial charge in [-0.15, -0.1) is 0 Å². The molecular formula is C21H27N5O. The van der Waals surface area contributed by atoms with Crippen LogP contribution in [0.2, 0.25) is 0 Å². The van der Waals surface area contributed by atoms with Crippen LogP contribution in [0.1, 0.15) is 11.3 Å². The molecule has 1 fully saturated rings. The van der Waals surface area contributed by atoms with Gasteiger partial charge in [-0.05, 0) is 48.9 Å². The van der Waals surface area contributed by atoms with Crippen LogP contribution in [0.4, 0.5) is 0 Å². The number of nitrogens with one attached hydrogen (secondary N) is 1. The van der Waals surface area contributed by atoms with Crippen molar-refractivity contribution >= 4 is 5.65 Å². The molecule has 2 aromatic heterocycles. The van der Waals surface area contributed by atoms with Crippen LogP contribution in [0.5, 0.6) is 5.75 Å². The van der Waals surface area contributed by atoms with Gasteiger partial charge in [-0.3, -0.25) is 4.90 Å². The Morgan fingerprint density at radius 3 is 2.59 bits per heavy atom. The number of nitrogens with two attached hydrogens (primary N) is 1. The first-order valence-corrected chi connectivity index (χ1v) is 9.56. The summed E-state index contributed by atoms with van der Waals surface area (Å²) in [4.78, 5) is 7.44. The number of fused-ring (bicyclic) bond motifs is 1. The molecule has 1 aliphatic heterocycles. The summed E-state index contributed by atoms with van der Waals surface area (Å²) in [6.07, 6.45) is 3.07. The maximum atomic E-state index is 5.76. The summed E-state index contributed by atoms with van der Waals surface area (Å²) in [7, 11) is 1.69. The van der Waals surface area contributed by atoms with Gasteiger partial charge in [-0.1, -0.05) is 6.07 Å². The number of ether oxygens (including phenoxy) is 1. The number of pyridine rings is 1. The molecule has 1 saturated heterocycles. The molecule has 4 rings (SSSR count). The summed E-state index contributed by atoms with van der Waals surface area (Å²) in [5.74, 6) is 0.858. The van der Waals surface area contributed by atoms with E-state index in [9.17, 15) is 0 Å². The average molecular weight is 365 g/mol. The fourth-order valence-electron chi connectivity index (χ4n) is 3.66. The van der Waals surface area contributed by atoms with E-state index in [0.29, 0.717) is 6.54 Å². The fraction of sp³-hybridized carbons (Fsp3) is 0.381. The average Bonchev–Trinajstić information content (AvgIpc) is 3.07. The summed E-state index contributed by atoms with van der Waals surface area (Å²) >= 11 is 0. The molecule has 0 aliphatic carbocycles. The van der Waals surface area contributed by atoms with Gasteiger partial charge < -0.3 is 20.2 Å². The molecule has 6 heteroatoms. The molecule has 3 N–H and O–H groups in total. The van der Waals surface area contributed by atoms with Crippen LogP contribution in [0.25, 0.3) is 16.9 Å². The standard InChI is InChI=1S/C21H27N5O/c1-27-18-5-3-17(4-6-18)21-19(15-25-12-10-23-11-13-25)26-14-16(8-9-22)2-7-20(26)24-21/h2-7,14,23H,8-13,15,22H2,1H3. The zero-order valence-corrected chi connectivity index (χ0v) is 15.8. The summed E-state index contributed by atoms with van der Waals surface area (Å²) in [5, 5.41) is 3.42. The van der Waals surface area contributed by atoms with Crippen molar-refractivity contribution in [3.8, 4) is 17.0 Å². The minimum absolute atomic E-state index is 0.651. The Morgan fingerprint density at radius 2 is 1.89 bits per heavy atom. The van der Waals surface area contributed by atoms with E-state index in [4.69, 9.17) is 15.5 Å². The second-order valence-electron chi connectivity index (χ2n) is 6.97. The molecule has 0 unspecified atom stereocenters. The molecule has 0 atom stereocenters. The number of rotatable bonds is 6. The van der Waals surface area contributed by atoms with Crippen molar-refractivity contribution in [1.29, 1.82) is 0 Å². The van der Waals surface area contributed by atoms with Crippen molar-refractivity contribution in [2.24, 2.45) is 5.73 Å². The molecule has 0 spiro atoms. The summed E-state index contributed by atoms with van der Waals surface area (Å²) < 4.78 is 7.55. The number of benzene rings is 1. The molecule has 0 saturated carbocycles. The molecule has 0 bridgehead atoms. The maximum Gasteiger partial charge on any atom is 0.137 e. The molecule has 0 radical (unpaired) electrons. The predicted molar refractivity (Wildman–Crippen MR) is 108 cm³/mol. The van der Waals surface area contributed by atoms with Crippen LogP contribution in [-0.2, 0) is 13.0 Å². The lowest BCUT2D eigenvalue weighted by molar-refractivity contribution is 0.230. The maximum absolute atomic E-state index is 5.76. The molecule has 3 aromatic rings. The van der Waals surface area contributed by atoms with Crippen molar-refractivity contribution < 1.29 is 4.74 Å². The molecule has 1 aromatic carbocycles. The Hall–Kier alpha value is -2.41. The summed E-state index contributed by atoms with van der Waals surface area (Å²) in [6, 6.07) is 12.4. The molecule has 6 nitrogen and oxygen atoms in total. The van der Waals surface area contributed by atoms with Gasteiger partial charge in [-0.25, -0.2) is 4.98 Å². The first-order chi connectivity index (χ1) is 13.3. The number of aromatic nitrogens is 2. The van der Waals surface area contributed by atoms with Gasteiger partial charge in [0.1, 0.15) is 11.4 Å². The molecule has 3 heterocycles. The van der Waals surface area contributed by atoms with Crippen LogP contribution in [0, 0.1) is 0 Å². The van der Waals surface area contributed by atoms with E-state index in [1.807, 2.05) is 12.1 Å². The monoisotopic (exact) mass is 365 g/mol. The van der Waals surface area contributed by atoms with E-state index in [2.05, 4.69) is 45.1 Å². The molecule has 142 valence electrons. The minimum Gasteiger partial charge on any atom is -0.497 e. The molecule has 0 amide bonds. The third-order valence-electron chi connectivity index (χ3n) is 5.16. The Labute approximate surface area is 160 Å². The summed E-state index contributed by atoms with van der Waals surface area (Å²) in [5.41, 5.74) is 11.4. The first-order valence-electron chi connectivity index (χ1n) is 9.56. The number of piperazine rings is 1. The smallest absolute Gasteiger partial charge is 0.137 e. The van der Waals surface area contributed by atoms with Crippen LogP contribution in [0.3, 0.4) is 0 Å². The van der Waals surface area contributed by atoms with Crippen LogP contribution in [-0.4, -0.2) is 54.1 Å². The lowest BCUT2D eigenvalue weighted by Gasteiger charge is -2.27. The van der Waals surface area contributed by atoms with Crippen molar-refractivity contribution in [3.63, 3.8) is 0 Å². The van der Waals surface area contributed by atoms with E-state index >= 15 is 0 Å². The first kappa shape index (κ1) is 18.0. The van der Waals surface area contributed by atoms with Crippen LogP contribution < -0.4 is 15.8 Å². The highest BCUT2D eigenvalue weighted by molar-refractivity contribution is 5.67. The second kappa shape index (κ2) is 8.08. The number of nitrogens with zero attached hydrogens (tertiary/aromatic N) is 3. The predicted octanol–water partition coefficient (Wildman–Crippen LogP) is 1.92. The highest BCUT2D eigenvalue weighted by Gasteiger charge is 2.19. The Balaban J connectivity index is 1.78. The van der Waals surface area contributed by atoms with Crippen molar-refractivity contribution in [2.45, 2.75) is 13.0 Å². The molecule has 27 heavy (non-hydrogen) atoms. The third kappa shape index (κ3) is 3.83. The summed E-state index contributed by atoms with van der Waals surface area (Å²) in [6.45, 7) is 5.71. The normalized spacial score (nSPS) is 15.3.